The van der Waals surface area contributed by atoms with Crippen molar-refractivity contribution < 1.29 is 31.8 Å². The molecule has 32 heavy (non-hydrogen) atoms. The van der Waals surface area contributed by atoms with Crippen LogP contribution in [0.15, 0.2) is 23.5 Å². The van der Waals surface area contributed by atoms with E-state index in [0.717, 1.165) is 18.5 Å². The fourth-order valence-corrected chi connectivity index (χ4v) is 3.11. The molecule has 0 spiro atoms. The molecule has 2 aromatic heterocycles. The van der Waals surface area contributed by atoms with E-state index in [1.165, 1.54) is 6.92 Å². The largest absolute Gasteiger partial charge is 0.463 e. The number of primary amides is 1. The van der Waals surface area contributed by atoms with Crippen LogP contribution in [0.3, 0.4) is 0 Å². The SMILES string of the molecule is C#CCOc1cnc(C(N)=O)c(-c2cnc(F)c([C@]3(C)C[C@@H](C(F)(F)F)OC(N)=N3)c2)n1. The Balaban J connectivity index is 2.13. The average molecular weight is 452 g/mol. The number of amidine groups is 1. The third-order valence-corrected chi connectivity index (χ3v) is 4.55. The Hall–Kier alpha value is -3.95. The first-order valence-electron chi connectivity index (χ1n) is 8.93. The molecule has 9 nitrogen and oxygen atoms in total. The average Bonchev–Trinajstić information content (AvgIpc) is 2.71. The van der Waals surface area contributed by atoms with Crippen LogP contribution in [0.25, 0.3) is 11.3 Å². The highest BCUT2D eigenvalue weighted by molar-refractivity contribution is 5.96. The fraction of sp³-hybridized carbons (Fsp3) is 0.316. The molecule has 0 radical (unpaired) electrons. The van der Waals surface area contributed by atoms with Crippen LogP contribution in [0.5, 0.6) is 5.88 Å². The van der Waals surface area contributed by atoms with Gasteiger partial charge >= 0.3 is 6.18 Å². The van der Waals surface area contributed by atoms with E-state index in [9.17, 15) is 22.4 Å². The van der Waals surface area contributed by atoms with Gasteiger partial charge in [-0.1, -0.05) is 5.92 Å². The van der Waals surface area contributed by atoms with E-state index in [-0.39, 0.29) is 35.0 Å². The van der Waals surface area contributed by atoms with Gasteiger partial charge in [0.25, 0.3) is 11.9 Å². The van der Waals surface area contributed by atoms with Crippen molar-refractivity contribution in [3.63, 3.8) is 0 Å². The Bertz CT molecular complexity index is 1130. The summed E-state index contributed by atoms with van der Waals surface area (Å²) in [6.07, 6.45) is -0.595. The molecule has 0 unspecified atom stereocenters. The van der Waals surface area contributed by atoms with Gasteiger partial charge < -0.3 is 20.9 Å². The Morgan fingerprint density at radius 1 is 1.41 bits per heavy atom. The lowest BCUT2D eigenvalue weighted by Gasteiger charge is -2.35. The number of alkyl halides is 3. The monoisotopic (exact) mass is 452 g/mol. The minimum absolute atomic E-state index is 0.0268. The third kappa shape index (κ3) is 4.53. The van der Waals surface area contributed by atoms with E-state index in [1.807, 2.05) is 0 Å². The summed E-state index contributed by atoms with van der Waals surface area (Å²) in [6.45, 7) is 1.10. The van der Waals surface area contributed by atoms with E-state index in [0.29, 0.717) is 0 Å². The highest BCUT2D eigenvalue weighted by atomic mass is 19.4. The van der Waals surface area contributed by atoms with E-state index in [1.54, 1.807) is 0 Å². The second-order valence-corrected chi connectivity index (χ2v) is 6.90. The van der Waals surface area contributed by atoms with Crippen molar-refractivity contribution in [2.75, 3.05) is 6.61 Å². The number of nitrogens with two attached hydrogens (primary N) is 2. The first-order chi connectivity index (χ1) is 14.9. The van der Waals surface area contributed by atoms with E-state index >= 15 is 0 Å². The van der Waals surface area contributed by atoms with Crippen molar-refractivity contribution in [1.29, 1.82) is 0 Å². The molecule has 0 saturated heterocycles. The maximum Gasteiger partial charge on any atom is 0.425 e. The summed E-state index contributed by atoms with van der Waals surface area (Å²) in [5.74, 6) is 0.106. The molecule has 1 aliphatic rings. The molecule has 2 aromatic rings. The summed E-state index contributed by atoms with van der Waals surface area (Å²) in [5, 5.41) is 0. The number of hydrogen-bond donors (Lipinski definition) is 2. The summed E-state index contributed by atoms with van der Waals surface area (Å²) >= 11 is 0. The van der Waals surface area contributed by atoms with E-state index < -0.39 is 42.1 Å². The van der Waals surface area contributed by atoms with Crippen LogP contribution in [0.2, 0.25) is 0 Å². The Labute approximate surface area is 178 Å². The molecular formula is C19H16F4N6O3. The number of halogens is 4. The second-order valence-electron chi connectivity index (χ2n) is 6.90. The van der Waals surface area contributed by atoms with E-state index in [2.05, 4.69) is 30.6 Å². The number of terminal acetylenes is 1. The van der Waals surface area contributed by atoms with Crippen LogP contribution in [0.4, 0.5) is 17.6 Å². The summed E-state index contributed by atoms with van der Waals surface area (Å²) in [6, 6.07) is 0.382. The zero-order valence-electron chi connectivity index (χ0n) is 16.5. The molecule has 0 fully saturated rings. The standard InChI is InChI=1S/C19H16F4N6O3/c1-3-4-31-12-8-26-14(16(24)30)13(28-12)9-5-10(15(20)27-7-9)18(2)6-11(19(21,22)23)32-17(25)29-18/h1,5,7-8,11H,4,6H2,2H3,(H2,24,30)(H2,25,29)/t11-,18-/m0/s1. The van der Waals surface area contributed by atoms with Gasteiger partial charge in [0.1, 0.15) is 5.69 Å². The maximum absolute atomic E-state index is 14.7. The predicted molar refractivity (Wildman–Crippen MR) is 103 cm³/mol. The summed E-state index contributed by atoms with van der Waals surface area (Å²) in [7, 11) is 0. The smallest absolute Gasteiger partial charge is 0.425 e. The molecule has 1 amide bonds. The van der Waals surface area contributed by atoms with Crippen LogP contribution < -0.4 is 16.2 Å². The Kier molecular flexibility index (Phi) is 5.89. The number of amides is 1. The first-order valence-corrected chi connectivity index (χ1v) is 8.93. The molecule has 0 aromatic carbocycles. The number of aliphatic imine (C=N–C) groups is 1. The van der Waals surface area contributed by atoms with Crippen molar-refractivity contribution in [3.05, 3.63) is 35.7 Å². The zero-order chi connectivity index (χ0) is 23.7. The molecule has 0 bridgehead atoms. The number of carbonyl (C=O) groups excluding carboxylic acids is 1. The topological polar surface area (TPSA) is 139 Å². The molecule has 4 N–H and O–H groups in total. The van der Waals surface area contributed by atoms with Crippen molar-refractivity contribution in [2.45, 2.75) is 31.2 Å². The normalized spacial score (nSPS) is 20.6. The van der Waals surface area contributed by atoms with Crippen molar-refractivity contribution in [1.82, 2.24) is 15.0 Å². The van der Waals surface area contributed by atoms with Crippen molar-refractivity contribution >= 4 is 11.9 Å². The van der Waals surface area contributed by atoms with Crippen LogP contribution in [-0.4, -0.2) is 45.8 Å². The number of aromatic nitrogens is 3. The number of hydrogen-bond acceptors (Lipinski definition) is 8. The highest BCUT2D eigenvalue weighted by Gasteiger charge is 2.50. The van der Waals surface area contributed by atoms with Gasteiger partial charge in [-0.2, -0.15) is 17.6 Å². The number of rotatable bonds is 5. The second kappa shape index (κ2) is 8.29. The Morgan fingerprint density at radius 3 is 2.75 bits per heavy atom. The molecule has 3 heterocycles. The van der Waals surface area contributed by atoms with Gasteiger partial charge in [-0.3, -0.25) is 4.79 Å². The van der Waals surface area contributed by atoms with Gasteiger partial charge in [-0.25, -0.2) is 19.9 Å². The van der Waals surface area contributed by atoms with Crippen LogP contribution in [0.1, 0.15) is 29.4 Å². The lowest BCUT2D eigenvalue weighted by molar-refractivity contribution is -0.208. The molecule has 0 saturated carbocycles. The molecule has 0 aliphatic carbocycles. The summed E-state index contributed by atoms with van der Waals surface area (Å²) in [5.41, 5.74) is 8.24. The fourth-order valence-electron chi connectivity index (χ4n) is 3.11. The minimum atomic E-state index is -4.77. The quantitative estimate of drug-likeness (QED) is 0.400. The van der Waals surface area contributed by atoms with Gasteiger partial charge in [-0.05, 0) is 13.0 Å². The molecule has 13 heteroatoms. The molecule has 3 rings (SSSR count). The van der Waals surface area contributed by atoms with Gasteiger partial charge in [0, 0.05) is 23.7 Å². The molecule has 2 atom stereocenters. The van der Waals surface area contributed by atoms with Gasteiger partial charge in [0.15, 0.2) is 18.4 Å². The lowest BCUT2D eigenvalue weighted by Crippen LogP contribution is -2.46. The third-order valence-electron chi connectivity index (χ3n) is 4.55. The predicted octanol–water partition coefficient (Wildman–Crippen LogP) is 1.67. The van der Waals surface area contributed by atoms with Crippen LogP contribution in [-0.2, 0) is 10.3 Å². The highest BCUT2D eigenvalue weighted by Crippen LogP contribution is 2.41. The number of nitrogens with zero attached hydrogens (tertiary/aromatic N) is 4. The van der Waals surface area contributed by atoms with Crippen molar-refractivity contribution in [2.24, 2.45) is 16.5 Å². The molecule has 1 aliphatic heterocycles. The van der Waals surface area contributed by atoms with Crippen LogP contribution in [0, 0.1) is 18.3 Å². The summed E-state index contributed by atoms with van der Waals surface area (Å²) in [4.78, 5) is 27.2. The van der Waals surface area contributed by atoms with Crippen molar-refractivity contribution in [3.8, 4) is 29.5 Å². The molecule has 168 valence electrons. The number of pyridine rings is 1. The lowest BCUT2D eigenvalue weighted by atomic mass is 9.85. The van der Waals surface area contributed by atoms with Gasteiger partial charge in [0.05, 0.1) is 11.7 Å². The maximum atomic E-state index is 14.7. The van der Waals surface area contributed by atoms with Gasteiger partial charge in [0.2, 0.25) is 11.8 Å². The minimum Gasteiger partial charge on any atom is -0.463 e. The van der Waals surface area contributed by atoms with E-state index in [4.69, 9.17) is 22.6 Å². The number of carbonyl (C=O) groups is 1. The van der Waals surface area contributed by atoms with Crippen LogP contribution >= 0.6 is 0 Å². The first kappa shape index (κ1) is 22.7. The van der Waals surface area contributed by atoms with Gasteiger partial charge in [-0.15, -0.1) is 6.42 Å². The molecular weight excluding hydrogens is 436 g/mol. The zero-order valence-corrected chi connectivity index (χ0v) is 16.5. The summed E-state index contributed by atoms with van der Waals surface area (Å²) < 4.78 is 64.2. The number of ether oxygens (including phenoxy) is 2. The Morgan fingerprint density at radius 2 is 2.12 bits per heavy atom.